The van der Waals surface area contributed by atoms with E-state index >= 15 is 0 Å². The zero-order valence-corrected chi connectivity index (χ0v) is 30.5. The first kappa shape index (κ1) is 37.1. The molecule has 5 rings (SSSR count). The van der Waals surface area contributed by atoms with Gasteiger partial charge in [-0.15, -0.1) is 0 Å². The van der Waals surface area contributed by atoms with Gasteiger partial charge in [0, 0.05) is 48.1 Å². The molecule has 0 N–H and O–H groups in total. The maximum absolute atomic E-state index is 13.7. The fraction of sp³-hybridized carbons (Fsp3) is 0.700. The molecule has 0 spiro atoms. The minimum atomic E-state index is -0.434. The number of benzene rings is 1. The average Bonchev–Trinajstić information content (AvgIpc) is 3.54. The predicted molar refractivity (Wildman–Crippen MR) is 194 cm³/mol. The van der Waals surface area contributed by atoms with Crippen molar-refractivity contribution in [2.45, 2.75) is 154 Å². The molecule has 1 aromatic carbocycles. The molecule has 0 amide bonds. The number of ether oxygens (including phenoxy) is 2. The first-order valence-corrected chi connectivity index (χ1v) is 19.4. The number of unbranched alkanes of at least 4 members (excludes halogenated alkanes) is 12. The number of nitrogens with zero attached hydrogens (tertiary/aromatic N) is 4. The van der Waals surface area contributed by atoms with E-state index in [0.717, 1.165) is 91.8 Å². The minimum absolute atomic E-state index is 0.0270. The molecular formula is C40H60N4O5. The van der Waals surface area contributed by atoms with Gasteiger partial charge in [-0.3, -0.25) is 14.2 Å². The molecule has 4 heterocycles. The smallest absolute Gasteiger partial charge is 0.306 e. The van der Waals surface area contributed by atoms with Gasteiger partial charge < -0.3 is 18.9 Å². The quantitative estimate of drug-likeness (QED) is 0.0864. The number of rotatable bonds is 20. The molecule has 49 heavy (non-hydrogen) atoms. The second kappa shape index (κ2) is 19.3. The van der Waals surface area contributed by atoms with Crippen LogP contribution in [0.3, 0.4) is 0 Å². The van der Waals surface area contributed by atoms with Crippen LogP contribution in [0.2, 0.25) is 0 Å². The van der Waals surface area contributed by atoms with Gasteiger partial charge >= 0.3 is 5.97 Å². The standard InChI is InChI=1S/C40H60N4O5/c1-4-5-6-7-8-9-10-11-12-13-14-15-16-19-37(45)48-35-18-17-25-44-39(35)41-30(2)33(40(44)46)24-28-43-26-22-31(23-27-43)38-34-21-20-32(47-3)29-36(34)49-42-38/h20-21,29,31,35H,4-19,22-28H2,1-3H3. The van der Waals surface area contributed by atoms with E-state index in [1.165, 1.54) is 70.6 Å². The highest BCUT2D eigenvalue weighted by Crippen LogP contribution is 2.34. The molecule has 270 valence electrons. The summed E-state index contributed by atoms with van der Waals surface area (Å²) in [6.45, 7) is 7.54. The van der Waals surface area contributed by atoms with Crippen molar-refractivity contribution in [2.75, 3.05) is 26.7 Å². The largest absolute Gasteiger partial charge is 0.497 e. The van der Waals surface area contributed by atoms with E-state index in [1.807, 2.05) is 25.1 Å². The van der Waals surface area contributed by atoms with Gasteiger partial charge in [0.15, 0.2) is 17.5 Å². The fourth-order valence-corrected chi connectivity index (χ4v) is 7.71. The molecule has 2 aliphatic rings. The van der Waals surface area contributed by atoms with Crippen LogP contribution in [0.5, 0.6) is 5.75 Å². The zero-order chi connectivity index (χ0) is 34.4. The van der Waals surface area contributed by atoms with Gasteiger partial charge in [0.05, 0.1) is 12.8 Å². The molecule has 0 saturated carbocycles. The highest BCUT2D eigenvalue weighted by atomic mass is 16.5. The molecule has 2 aliphatic heterocycles. The predicted octanol–water partition coefficient (Wildman–Crippen LogP) is 8.98. The number of aryl methyl sites for hydroxylation is 1. The molecular weight excluding hydrogens is 616 g/mol. The van der Waals surface area contributed by atoms with Gasteiger partial charge in [-0.2, -0.15) is 0 Å². The summed E-state index contributed by atoms with van der Waals surface area (Å²) in [5.74, 6) is 1.58. The summed E-state index contributed by atoms with van der Waals surface area (Å²) in [7, 11) is 1.65. The van der Waals surface area contributed by atoms with E-state index < -0.39 is 6.10 Å². The van der Waals surface area contributed by atoms with Gasteiger partial charge in [0.2, 0.25) is 0 Å². The topological polar surface area (TPSA) is 99.7 Å². The lowest BCUT2D eigenvalue weighted by Crippen LogP contribution is -2.38. The summed E-state index contributed by atoms with van der Waals surface area (Å²) in [5, 5.41) is 5.47. The molecule has 1 atom stereocenters. The van der Waals surface area contributed by atoms with Crippen molar-refractivity contribution in [3.63, 3.8) is 0 Å². The van der Waals surface area contributed by atoms with E-state index in [-0.39, 0.29) is 11.5 Å². The molecule has 0 bridgehead atoms. The maximum Gasteiger partial charge on any atom is 0.306 e. The van der Waals surface area contributed by atoms with E-state index in [0.29, 0.717) is 31.1 Å². The van der Waals surface area contributed by atoms with Crippen LogP contribution >= 0.6 is 0 Å². The van der Waals surface area contributed by atoms with E-state index in [4.69, 9.17) is 19.0 Å². The van der Waals surface area contributed by atoms with Crippen molar-refractivity contribution in [3.8, 4) is 5.75 Å². The molecule has 2 aromatic heterocycles. The van der Waals surface area contributed by atoms with Crippen molar-refractivity contribution in [1.82, 2.24) is 19.6 Å². The molecule has 9 nitrogen and oxygen atoms in total. The number of hydrogen-bond donors (Lipinski definition) is 0. The minimum Gasteiger partial charge on any atom is -0.497 e. The third-order valence-corrected chi connectivity index (χ3v) is 10.8. The number of aromatic nitrogens is 3. The maximum atomic E-state index is 13.7. The molecule has 1 unspecified atom stereocenters. The molecule has 1 saturated heterocycles. The highest BCUT2D eigenvalue weighted by molar-refractivity contribution is 5.81. The molecule has 9 heteroatoms. The summed E-state index contributed by atoms with van der Waals surface area (Å²) in [6.07, 6.45) is 20.8. The van der Waals surface area contributed by atoms with Crippen LogP contribution in [-0.2, 0) is 22.5 Å². The average molecular weight is 677 g/mol. The van der Waals surface area contributed by atoms with E-state index in [1.54, 1.807) is 11.7 Å². The monoisotopic (exact) mass is 676 g/mol. The lowest BCUT2D eigenvalue weighted by molar-refractivity contribution is -0.151. The Morgan fingerprint density at radius 1 is 0.918 bits per heavy atom. The summed E-state index contributed by atoms with van der Waals surface area (Å²) < 4.78 is 18.6. The Labute approximate surface area is 293 Å². The van der Waals surface area contributed by atoms with Crippen LogP contribution in [0.15, 0.2) is 27.5 Å². The number of esters is 1. The third kappa shape index (κ3) is 10.4. The summed E-state index contributed by atoms with van der Waals surface area (Å²) >= 11 is 0. The van der Waals surface area contributed by atoms with Crippen molar-refractivity contribution >= 4 is 16.9 Å². The second-order valence-corrected chi connectivity index (χ2v) is 14.4. The normalized spacial score (nSPS) is 17.0. The number of carbonyl (C=O) groups excluding carboxylic acids is 1. The van der Waals surface area contributed by atoms with Gasteiger partial charge in [-0.1, -0.05) is 89.1 Å². The zero-order valence-electron chi connectivity index (χ0n) is 30.5. The Bertz CT molecular complexity index is 1520. The molecule has 0 radical (unpaired) electrons. The van der Waals surface area contributed by atoms with E-state index in [2.05, 4.69) is 17.0 Å². The van der Waals surface area contributed by atoms with Crippen molar-refractivity contribution in [1.29, 1.82) is 0 Å². The first-order chi connectivity index (χ1) is 24.0. The number of fused-ring (bicyclic) bond motifs is 2. The molecule has 3 aromatic rings. The number of likely N-dealkylation sites (tertiary alicyclic amines) is 1. The Morgan fingerprint density at radius 3 is 2.27 bits per heavy atom. The van der Waals surface area contributed by atoms with Gasteiger partial charge in [-0.05, 0) is 70.7 Å². The Kier molecular flexibility index (Phi) is 14.6. The number of carbonyl (C=O) groups is 1. The van der Waals surface area contributed by atoms with Crippen LogP contribution in [0, 0.1) is 6.92 Å². The van der Waals surface area contributed by atoms with E-state index in [9.17, 15) is 9.59 Å². The van der Waals surface area contributed by atoms with Crippen LogP contribution in [-0.4, -0.2) is 52.3 Å². The second-order valence-electron chi connectivity index (χ2n) is 14.4. The van der Waals surface area contributed by atoms with Crippen LogP contribution in [0.4, 0.5) is 0 Å². The lowest BCUT2D eigenvalue weighted by atomic mass is 9.91. The third-order valence-electron chi connectivity index (χ3n) is 10.8. The number of piperidine rings is 1. The number of hydrogen-bond acceptors (Lipinski definition) is 8. The van der Waals surface area contributed by atoms with Crippen molar-refractivity contribution < 1.29 is 18.8 Å². The van der Waals surface area contributed by atoms with Crippen molar-refractivity contribution in [2.24, 2.45) is 0 Å². The van der Waals surface area contributed by atoms with Gasteiger partial charge in [-0.25, -0.2) is 4.98 Å². The Balaban J connectivity index is 1.02. The van der Waals surface area contributed by atoms with Gasteiger partial charge in [0.25, 0.3) is 5.56 Å². The summed E-state index contributed by atoms with van der Waals surface area (Å²) in [6, 6.07) is 5.89. The van der Waals surface area contributed by atoms with Gasteiger partial charge in [0.1, 0.15) is 5.75 Å². The van der Waals surface area contributed by atoms with Crippen molar-refractivity contribution in [3.05, 3.63) is 51.3 Å². The van der Waals surface area contributed by atoms with Crippen LogP contribution < -0.4 is 10.3 Å². The molecule has 1 fully saturated rings. The first-order valence-electron chi connectivity index (χ1n) is 19.4. The SMILES string of the molecule is CCCCCCCCCCCCCCCC(=O)OC1CCCn2c1nc(C)c(CCN1CCC(c3noc4cc(OC)ccc34)CC1)c2=O. The fourth-order valence-electron chi connectivity index (χ4n) is 7.71. The molecule has 0 aliphatic carbocycles. The summed E-state index contributed by atoms with van der Waals surface area (Å²) in [4.78, 5) is 33.7. The Hall–Kier alpha value is -3.20. The van der Waals surface area contributed by atoms with Crippen LogP contribution in [0.25, 0.3) is 11.0 Å². The highest BCUT2D eigenvalue weighted by Gasteiger charge is 2.29. The Morgan fingerprint density at radius 2 is 1.59 bits per heavy atom. The van der Waals surface area contributed by atoms with Crippen LogP contribution in [0.1, 0.15) is 157 Å². The lowest BCUT2D eigenvalue weighted by Gasteiger charge is -2.31. The summed E-state index contributed by atoms with van der Waals surface area (Å²) in [5.41, 5.74) is 3.36. The number of methoxy groups -OCH3 is 1.